The van der Waals surface area contributed by atoms with Crippen LogP contribution in [0.3, 0.4) is 0 Å². The summed E-state index contributed by atoms with van der Waals surface area (Å²) in [6.07, 6.45) is 3.14. The van der Waals surface area contributed by atoms with E-state index in [9.17, 15) is 9.59 Å². The first-order valence-electron chi connectivity index (χ1n) is 11.4. The lowest BCUT2D eigenvalue weighted by Crippen LogP contribution is -2.38. The molecule has 0 atom stereocenters. The normalized spacial score (nSPS) is 11.6. The maximum absolute atomic E-state index is 13.2. The Morgan fingerprint density at radius 2 is 1.89 bits per heavy atom. The maximum Gasteiger partial charge on any atom is 0.350 e. The van der Waals surface area contributed by atoms with E-state index >= 15 is 0 Å². The van der Waals surface area contributed by atoms with Gasteiger partial charge in [0.2, 0.25) is 5.62 Å². The van der Waals surface area contributed by atoms with E-state index in [0.717, 1.165) is 16.9 Å². The second kappa shape index (κ2) is 11.4. The Bertz CT molecular complexity index is 1470. The maximum atomic E-state index is 13.2. The Morgan fingerprint density at radius 1 is 1.17 bits per heavy atom. The van der Waals surface area contributed by atoms with Crippen LogP contribution in [0.15, 0.2) is 70.7 Å². The van der Waals surface area contributed by atoms with E-state index in [2.05, 4.69) is 15.0 Å². The molecule has 0 saturated heterocycles. The second-order valence-electron chi connectivity index (χ2n) is 8.16. The molecule has 0 aliphatic rings. The quantitative estimate of drug-likeness (QED) is 0.300. The minimum atomic E-state index is -0.427. The Morgan fingerprint density at radius 3 is 2.56 bits per heavy atom. The van der Waals surface area contributed by atoms with Gasteiger partial charge in [-0.3, -0.25) is 9.36 Å². The molecule has 0 aliphatic carbocycles. The Labute approximate surface area is 216 Å². The van der Waals surface area contributed by atoms with Gasteiger partial charge in [-0.25, -0.2) is 14.8 Å². The molecular formula is C26H25ClN4O4S. The number of hydrogen-bond donors (Lipinski definition) is 1. The van der Waals surface area contributed by atoms with Crippen LogP contribution >= 0.6 is 22.9 Å². The molecule has 8 nitrogen and oxygen atoms in total. The molecule has 0 radical (unpaired) electrons. The number of benzene rings is 2. The van der Waals surface area contributed by atoms with Crippen LogP contribution in [0.25, 0.3) is 0 Å². The first-order valence-corrected chi connectivity index (χ1v) is 12.6. The van der Waals surface area contributed by atoms with Crippen molar-refractivity contribution < 1.29 is 14.3 Å². The summed E-state index contributed by atoms with van der Waals surface area (Å²) in [5.41, 5.74) is 2.57. The summed E-state index contributed by atoms with van der Waals surface area (Å²) in [5, 5.41) is 0.966. The summed E-state index contributed by atoms with van der Waals surface area (Å²) in [7, 11) is 0. The van der Waals surface area contributed by atoms with Crippen LogP contribution < -0.4 is 15.9 Å². The van der Waals surface area contributed by atoms with Crippen molar-refractivity contribution in [1.29, 1.82) is 0 Å². The van der Waals surface area contributed by atoms with Gasteiger partial charge in [0.25, 0.3) is 10.8 Å². The lowest BCUT2D eigenvalue weighted by atomic mass is 10.1. The number of esters is 1. The van der Waals surface area contributed by atoms with Crippen LogP contribution in [0.2, 0.25) is 5.02 Å². The minimum Gasteiger partial charge on any atom is -0.462 e. The number of thiazole rings is 1. The van der Waals surface area contributed by atoms with Crippen molar-refractivity contribution in [3.8, 4) is 10.9 Å². The molecule has 0 fully saturated rings. The molecule has 0 aliphatic heterocycles. The topological polar surface area (TPSA) is 98.6 Å². The first kappa shape index (κ1) is 25.4. The van der Waals surface area contributed by atoms with E-state index in [4.69, 9.17) is 21.1 Å². The largest absolute Gasteiger partial charge is 0.462 e. The summed E-state index contributed by atoms with van der Waals surface area (Å²) in [5.74, 6) is 0.172. The smallest absolute Gasteiger partial charge is 0.350 e. The van der Waals surface area contributed by atoms with Crippen molar-refractivity contribution in [1.82, 2.24) is 14.5 Å². The highest BCUT2D eigenvalue weighted by molar-refractivity contribution is 7.15. The van der Waals surface area contributed by atoms with Gasteiger partial charge in [0.1, 0.15) is 10.6 Å². The Kier molecular flexibility index (Phi) is 8.02. The molecule has 1 N–H and O–H groups in total. The van der Waals surface area contributed by atoms with E-state index in [1.807, 2.05) is 26.0 Å². The minimum absolute atomic E-state index is 0.0610. The van der Waals surface area contributed by atoms with Crippen molar-refractivity contribution in [2.75, 3.05) is 6.61 Å². The standard InChI is InChI=1S/C26H25ClN4O4S/c1-4-34-24(33)22-14-29-26(36-22)35-20-11-9-19(10-12-20)30-25-28-13-21(16(2)3)23(32)31(25)15-17-5-7-18(27)8-6-17/h5-14,16H,4,15H2,1-3H3,(H,28,30). The zero-order chi connectivity index (χ0) is 25.7. The summed E-state index contributed by atoms with van der Waals surface area (Å²) in [6.45, 7) is 6.34. The molecule has 4 aromatic rings. The van der Waals surface area contributed by atoms with Gasteiger partial charge in [0.05, 0.1) is 25.0 Å². The van der Waals surface area contributed by atoms with Gasteiger partial charge in [-0.15, -0.1) is 0 Å². The van der Waals surface area contributed by atoms with Crippen molar-refractivity contribution in [3.63, 3.8) is 0 Å². The number of ether oxygens (including phenoxy) is 2. The molecule has 0 amide bonds. The number of aromatic amines is 1. The number of nitrogens with one attached hydrogen (secondary N) is 1. The third kappa shape index (κ3) is 6.10. The van der Waals surface area contributed by atoms with Gasteiger partial charge in [0.15, 0.2) is 0 Å². The summed E-state index contributed by atoms with van der Waals surface area (Å²) < 4.78 is 12.3. The molecule has 36 heavy (non-hydrogen) atoms. The number of H-pyrrole nitrogens is 1. The van der Waals surface area contributed by atoms with E-state index in [0.29, 0.717) is 50.9 Å². The fourth-order valence-corrected chi connectivity index (χ4v) is 4.18. The number of hydrogen-bond acceptors (Lipinski definition) is 7. The molecule has 2 aromatic carbocycles. The zero-order valence-electron chi connectivity index (χ0n) is 20.0. The van der Waals surface area contributed by atoms with E-state index in [1.54, 1.807) is 54.1 Å². The zero-order valence-corrected chi connectivity index (χ0v) is 21.6. The van der Waals surface area contributed by atoms with Gasteiger partial charge < -0.3 is 14.5 Å². The van der Waals surface area contributed by atoms with Crippen LogP contribution in [0, 0.1) is 0 Å². The molecule has 0 saturated carbocycles. The molecule has 2 aromatic heterocycles. The number of carbonyl (C=O) groups excluding carboxylic acids is 1. The molecular weight excluding hydrogens is 500 g/mol. The summed E-state index contributed by atoms with van der Waals surface area (Å²) >= 11 is 7.12. The number of nitrogens with zero attached hydrogens (tertiary/aromatic N) is 3. The van der Waals surface area contributed by atoms with Gasteiger partial charge in [-0.1, -0.05) is 48.9 Å². The van der Waals surface area contributed by atoms with Gasteiger partial charge in [-0.2, -0.15) is 0 Å². The highest BCUT2D eigenvalue weighted by atomic mass is 35.5. The summed E-state index contributed by atoms with van der Waals surface area (Å²) in [6, 6.07) is 14.4. The van der Waals surface area contributed by atoms with Crippen molar-refractivity contribution in [2.45, 2.75) is 33.2 Å². The number of carbonyl (C=O) groups is 1. The molecule has 0 bridgehead atoms. The van der Waals surface area contributed by atoms with Crippen molar-refractivity contribution >= 4 is 34.6 Å². The van der Waals surface area contributed by atoms with Crippen LogP contribution in [-0.2, 0) is 11.3 Å². The third-order valence-electron chi connectivity index (χ3n) is 5.22. The lowest BCUT2D eigenvalue weighted by Gasteiger charge is -2.11. The highest BCUT2D eigenvalue weighted by Crippen LogP contribution is 2.28. The number of rotatable bonds is 8. The first-order chi connectivity index (χ1) is 17.3. The van der Waals surface area contributed by atoms with Crippen LogP contribution in [0.4, 0.5) is 5.69 Å². The Balaban J connectivity index is 1.61. The molecule has 186 valence electrons. The average Bonchev–Trinajstić information content (AvgIpc) is 3.32. The highest BCUT2D eigenvalue weighted by Gasteiger charge is 2.13. The molecule has 0 spiro atoms. The van der Waals surface area contributed by atoms with E-state index in [1.165, 1.54) is 6.20 Å². The van der Waals surface area contributed by atoms with E-state index < -0.39 is 5.97 Å². The van der Waals surface area contributed by atoms with Gasteiger partial charge >= 0.3 is 5.97 Å². The van der Waals surface area contributed by atoms with Crippen LogP contribution in [0.1, 0.15) is 47.5 Å². The van der Waals surface area contributed by atoms with Crippen LogP contribution in [0.5, 0.6) is 10.9 Å². The molecule has 0 unspecified atom stereocenters. The monoisotopic (exact) mass is 524 g/mol. The van der Waals surface area contributed by atoms with Gasteiger partial charge in [-0.05, 0) is 54.8 Å². The Hall–Kier alpha value is -3.69. The summed E-state index contributed by atoms with van der Waals surface area (Å²) in [4.78, 5) is 37.4. The van der Waals surface area contributed by atoms with Crippen molar-refractivity contribution in [3.05, 3.63) is 97.9 Å². The van der Waals surface area contributed by atoms with Crippen molar-refractivity contribution in [2.24, 2.45) is 4.99 Å². The van der Waals surface area contributed by atoms with Gasteiger partial charge in [0, 0.05) is 16.8 Å². The predicted octanol–water partition coefficient (Wildman–Crippen LogP) is 5.66. The molecule has 2 heterocycles. The second-order valence-corrected chi connectivity index (χ2v) is 9.59. The average molecular weight is 525 g/mol. The van der Waals surface area contributed by atoms with E-state index in [-0.39, 0.29) is 11.5 Å². The lowest BCUT2D eigenvalue weighted by molar-refractivity contribution is 0.0532. The molecule has 4 rings (SSSR count). The number of aromatic nitrogens is 3. The fraction of sp³-hybridized carbons (Fsp3) is 0.231. The third-order valence-corrected chi connectivity index (χ3v) is 6.33. The molecule has 10 heteroatoms. The predicted molar refractivity (Wildman–Crippen MR) is 140 cm³/mol. The SMILES string of the molecule is CCOC(=O)c1cnc(Oc2ccc(/N=c3\[nH]cc(C(C)C)c(=O)n3Cc3ccc(Cl)cc3)cc2)s1. The number of halogens is 1. The fourth-order valence-electron chi connectivity index (χ4n) is 3.37. The van der Waals surface area contributed by atoms with Crippen LogP contribution in [-0.4, -0.2) is 27.1 Å².